The van der Waals surface area contributed by atoms with E-state index in [2.05, 4.69) is 17.2 Å². The maximum atomic E-state index is 13.4. The molecule has 1 aromatic carbocycles. The minimum Gasteiger partial charge on any atom is -0.486 e. The molecule has 1 N–H and O–H groups in total. The van der Waals surface area contributed by atoms with Crippen LogP contribution in [0.4, 0.5) is 0 Å². The molecule has 1 saturated carbocycles. The molecule has 0 spiro atoms. The summed E-state index contributed by atoms with van der Waals surface area (Å²) in [4.78, 5) is 17.7. The van der Waals surface area contributed by atoms with Gasteiger partial charge in [0, 0.05) is 18.3 Å². The number of fused-ring (bicyclic) bond motifs is 1. The first kappa shape index (κ1) is 19.6. The second-order valence-electron chi connectivity index (χ2n) is 7.65. The zero-order chi connectivity index (χ0) is 20.1. The minimum atomic E-state index is -0.525. The van der Waals surface area contributed by atoms with Crippen LogP contribution in [0.25, 0.3) is 0 Å². The highest BCUT2D eigenvalue weighted by molar-refractivity contribution is 5.88. The lowest BCUT2D eigenvalue weighted by Gasteiger charge is -2.30. The standard InChI is InChI=1S/C23H28N2O4/c1-2-12-29-21-17(6-5-11-24-21)16-25-22(26)23(9-3-4-10-23)18-7-8-19-20(15-18)28-14-13-27-19/h5-8,11,15H,2-4,9-10,12-14,16H2,1H3,(H,25,26). The Hall–Kier alpha value is -2.76. The third kappa shape index (κ3) is 4.02. The van der Waals surface area contributed by atoms with Crippen molar-refractivity contribution < 1.29 is 19.0 Å². The van der Waals surface area contributed by atoms with Crippen LogP contribution in [0.3, 0.4) is 0 Å². The molecular weight excluding hydrogens is 368 g/mol. The first-order chi connectivity index (χ1) is 14.2. The summed E-state index contributed by atoms with van der Waals surface area (Å²) in [6, 6.07) is 9.74. The van der Waals surface area contributed by atoms with E-state index in [1.165, 1.54) is 0 Å². The van der Waals surface area contributed by atoms with Gasteiger partial charge in [-0.05, 0) is 43.0 Å². The normalized spacial score (nSPS) is 17.0. The van der Waals surface area contributed by atoms with Gasteiger partial charge in [-0.15, -0.1) is 0 Å². The van der Waals surface area contributed by atoms with E-state index in [1.54, 1.807) is 6.20 Å². The maximum Gasteiger partial charge on any atom is 0.230 e. The van der Waals surface area contributed by atoms with E-state index in [0.717, 1.165) is 54.7 Å². The van der Waals surface area contributed by atoms with E-state index in [9.17, 15) is 4.79 Å². The maximum absolute atomic E-state index is 13.4. The fourth-order valence-electron chi connectivity index (χ4n) is 4.20. The second kappa shape index (κ2) is 8.72. The summed E-state index contributed by atoms with van der Waals surface area (Å²) in [5.41, 5.74) is 1.37. The molecule has 1 aromatic heterocycles. The van der Waals surface area contributed by atoms with Crippen molar-refractivity contribution in [2.24, 2.45) is 0 Å². The highest BCUT2D eigenvalue weighted by Crippen LogP contribution is 2.44. The van der Waals surface area contributed by atoms with Crippen LogP contribution in [-0.2, 0) is 16.8 Å². The molecule has 2 aliphatic rings. The van der Waals surface area contributed by atoms with Crippen LogP contribution in [0.5, 0.6) is 17.4 Å². The van der Waals surface area contributed by atoms with E-state index in [0.29, 0.717) is 32.2 Å². The Morgan fingerprint density at radius 2 is 1.97 bits per heavy atom. The molecule has 0 saturated heterocycles. The molecule has 0 radical (unpaired) electrons. The number of hydrogen-bond donors (Lipinski definition) is 1. The summed E-state index contributed by atoms with van der Waals surface area (Å²) in [6.07, 6.45) is 6.38. The smallest absolute Gasteiger partial charge is 0.230 e. The van der Waals surface area contributed by atoms with Crippen LogP contribution in [0.15, 0.2) is 36.5 Å². The Kier molecular flexibility index (Phi) is 5.88. The van der Waals surface area contributed by atoms with Crippen LogP contribution in [0, 0.1) is 0 Å². The van der Waals surface area contributed by atoms with Gasteiger partial charge in [-0.3, -0.25) is 4.79 Å². The lowest BCUT2D eigenvalue weighted by molar-refractivity contribution is -0.126. The Labute approximate surface area is 171 Å². The largest absolute Gasteiger partial charge is 0.486 e. The number of aromatic nitrogens is 1. The molecule has 6 nitrogen and oxygen atoms in total. The van der Waals surface area contributed by atoms with Gasteiger partial charge in [0.05, 0.1) is 12.0 Å². The summed E-state index contributed by atoms with van der Waals surface area (Å²) < 4.78 is 17.1. The molecule has 1 aliphatic carbocycles. The molecule has 29 heavy (non-hydrogen) atoms. The Morgan fingerprint density at radius 1 is 1.17 bits per heavy atom. The number of hydrogen-bond acceptors (Lipinski definition) is 5. The predicted octanol–water partition coefficient (Wildman–Crippen LogP) is 3.77. The first-order valence-electron chi connectivity index (χ1n) is 10.5. The molecule has 0 atom stereocenters. The highest BCUT2D eigenvalue weighted by Gasteiger charge is 2.43. The third-order valence-corrected chi connectivity index (χ3v) is 5.72. The topological polar surface area (TPSA) is 69.7 Å². The van der Waals surface area contributed by atoms with Crippen LogP contribution in [0.1, 0.15) is 50.2 Å². The van der Waals surface area contributed by atoms with Crippen molar-refractivity contribution >= 4 is 5.91 Å². The predicted molar refractivity (Wildman–Crippen MR) is 109 cm³/mol. The zero-order valence-corrected chi connectivity index (χ0v) is 16.9. The van der Waals surface area contributed by atoms with Gasteiger partial charge >= 0.3 is 0 Å². The van der Waals surface area contributed by atoms with Gasteiger partial charge in [-0.2, -0.15) is 0 Å². The fourth-order valence-corrected chi connectivity index (χ4v) is 4.20. The monoisotopic (exact) mass is 396 g/mol. The van der Waals surface area contributed by atoms with E-state index >= 15 is 0 Å². The SMILES string of the molecule is CCCOc1ncccc1CNC(=O)C1(c2ccc3c(c2)OCCO3)CCCC1. The van der Waals surface area contributed by atoms with E-state index < -0.39 is 5.41 Å². The molecule has 0 bridgehead atoms. The van der Waals surface area contributed by atoms with Gasteiger partial charge in [0.2, 0.25) is 11.8 Å². The molecule has 1 aliphatic heterocycles. The van der Waals surface area contributed by atoms with Crippen molar-refractivity contribution in [2.45, 2.75) is 51.0 Å². The summed E-state index contributed by atoms with van der Waals surface area (Å²) >= 11 is 0. The van der Waals surface area contributed by atoms with E-state index in [1.807, 2.05) is 30.3 Å². The Morgan fingerprint density at radius 3 is 2.76 bits per heavy atom. The molecular formula is C23H28N2O4. The van der Waals surface area contributed by atoms with Crippen molar-refractivity contribution in [3.8, 4) is 17.4 Å². The van der Waals surface area contributed by atoms with Crippen molar-refractivity contribution in [3.63, 3.8) is 0 Å². The van der Waals surface area contributed by atoms with E-state index in [4.69, 9.17) is 14.2 Å². The summed E-state index contributed by atoms with van der Waals surface area (Å²) in [5.74, 6) is 2.13. The van der Waals surface area contributed by atoms with Crippen molar-refractivity contribution in [1.82, 2.24) is 10.3 Å². The zero-order valence-electron chi connectivity index (χ0n) is 16.9. The number of nitrogens with one attached hydrogen (secondary N) is 1. The third-order valence-electron chi connectivity index (χ3n) is 5.72. The molecule has 1 fully saturated rings. The lowest BCUT2D eigenvalue weighted by atomic mass is 9.77. The summed E-state index contributed by atoms with van der Waals surface area (Å²) in [5, 5.41) is 3.15. The summed E-state index contributed by atoms with van der Waals surface area (Å²) in [7, 11) is 0. The molecule has 6 heteroatoms. The molecule has 2 aromatic rings. The number of amides is 1. The minimum absolute atomic E-state index is 0.0528. The van der Waals surface area contributed by atoms with Crippen molar-refractivity contribution in [1.29, 1.82) is 0 Å². The van der Waals surface area contributed by atoms with Gasteiger partial charge in [-0.25, -0.2) is 4.98 Å². The number of rotatable bonds is 7. The van der Waals surface area contributed by atoms with Gasteiger partial charge in [0.1, 0.15) is 13.2 Å². The van der Waals surface area contributed by atoms with Gasteiger partial charge in [0.25, 0.3) is 0 Å². The molecule has 2 heterocycles. The Balaban J connectivity index is 1.53. The van der Waals surface area contributed by atoms with Crippen LogP contribution in [0.2, 0.25) is 0 Å². The average molecular weight is 396 g/mol. The number of carbonyl (C=O) groups is 1. The van der Waals surface area contributed by atoms with Gasteiger partial charge in [0.15, 0.2) is 11.5 Å². The number of nitrogens with zero attached hydrogens (tertiary/aromatic N) is 1. The number of benzene rings is 1. The fraction of sp³-hybridized carbons (Fsp3) is 0.478. The van der Waals surface area contributed by atoms with Crippen molar-refractivity contribution in [2.75, 3.05) is 19.8 Å². The molecule has 154 valence electrons. The molecule has 4 rings (SSSR count). The number of ether oxygens (including phenoxy) is 3. The van der Waals surface area contributed by atoms with Crippen LogP contribution in [-0.4, -0.2) is 30.7 Å². The molecule has 1 amide bonds. The second-order valence-corrected chi connectivity index (χ2v) is 7.65. The molecule has 0 unspecified atom stereocenters. The van der Waals surface area contributed by atoms with Crippen LogP contribution >= 0.6 is 0 Å². The first-order valence-corrected chi connectivity index (χ1v) is 10.5. The number of carbonyl (C=O) groups excluding carboxylic acids is 1. The van der Waals surface area contributed by atoms with E-state index in [-0.39, 0.29) is 5.91 Å². The van der Waals surface area contributed by atoms with Gasteiger partial charge in [-0.1, -0.05) is 31.9 Å². The van der Waals surface area contributed by atoms with Crippen molar-refractivity contribution in [3.05, 3.63) is 47.7 Å². The lowest BCUT2D eigenvalue weighted by Crippen LogP contribution is -2.42. The van der Waals surface area contributed by atoms with Gasteiger partial charge < -0.3 is 19.5 Å². The summed E-state index contributed by atoms with van der Waals surface area (Å²) in [6.45, 7) is 4.17. The Bertz CT molecular complexity index is 862. The quantitative estimate of drug-likeness (QED) is 0.772. The highest BCUT2D eigenvalue weighted by atomic mass is 16.6. The average Bonchev–Trinajstić information content (AvgIpc) is 3.27. The van der Waals surface area contributed by atoms with Crippen LogP contribution < -0.4 is 19.5 Å². The number of pyridine rings is 1.